The van der Waals surface area contributed by atoms with Gasteiger partial charge in [-0.1, -0.05) is 58.0 Å². The Bertz CT molecular complexity index is 964. The van der Waals surface area contributed by atoms with Crippen LogP contribution in [0.2, 0.25) is 0 Å². The predicted molar refractivity (Wildman–Crippen MR) is 107 cm³/mol. The molecule has 0 aliphatic rings. The summed E-state index contributed by atoms with van der Waals surface area (Å²) in [6.45, 7) is 0.198. The minimum Gasteiger partial charge on any atom is -0.341 e. The standard InChI is InChI=1S/C18H17BrFN5OS/c1-24(10-12-6-2-5-9-15(12)20)16(26)11-27-18-23-22-17(25(18)21)13-7-3-4-8-14(13)19/h2-9H,10-11,21H2,1H3. The van der Waals surface area contributed by atoms with Crippen molar-refractivity contribution in [3.63, 3.8) is 0 Å². The first-order valence-electron chi connectivity index (χ1n) is 8.03. The van der Waals surface area contributed by atoms with E-state index in [1.807, 2.05) is 24.3 Å². The molecule has 0 atom stereocenters. The van der Waals surface area contributed by atoms with E-state index in [0.29, 0.717) is 16.5 Å². The molecule has 1 aromatic heterocycles. The van der Waals surface area contributed by atoms with Crippen molar-refractivity contribution in [1.29, 1.82) is 0 Å². The molecule has 0 saturated carbocycles. The molecule has 0 aliphatic heterocycles. The summed E-state index contributed by atoms with van der Waals surface area (Å²) in [5.41, 5.74) is 1.28. The van der Waals surface area contributed by atoms with Crippen LogP contribution in [-0.4, -0.2) is 38.5 Å². The Morgan fingerprint density at radius 2 is 1.93 bits per heavy atom. The van der Waals surface area contributed by atoms with Crippen molar-refractivity contribution in [3.05, 3.63) is 64.4 Å². The van der Waals surface area contributed by atoms with Crippen LogP contribution < -0.4 is 5.84 Å². The van der Waals surface area contributed by atoms with Crippen LogP contribution in [-0.2, 0) is 11.3 Å². The molecule has 0 saturated heterocycles. The zero-order valence-electron chi connectivity index (χ0n) is 14.5. The first-order chi connectivity index (χ1) is 13.0. The molecule has 6 nitrogen and oxygen atoms in total. The lowest BCUT2D eigenvalue weighted by atomic mass is 10.2. The number of hydrogen-bond acceptors (Lipinski definition) is 5. The zero-order valence-corrected chi connectivity index (χ0v) is 16.9. The maximum absolute atomic E-state index is 13.7. The van der Waals surface area contributed by atoms with Crippen molar-refractivity contribution in [2.45, 2.75) is 11.7 Å². The number of carbonyl (C=O) groups is 1. The average Bonchev–Trinajstić information content (AvgIpc) is 3.02. The molecular formula is C18H17BrFN5OS. The van der Waals surface area contributed by atoms with E-state index < -0.39 is 0 Å². The Hall–Kier alpha value is -2.39. The van der Waals surface area contributed by atoms with Crippen LogP contribution in [0.5, 0.6) is 0 Å². The molecule has 3 aromatic rings. The predicted octanol–water partition coefficient (Wildman–Crippen LogP) is 3.31. The molecule has 0 fully saturated rings. The van der Waals surface area contributed by atoms with Crippen molar-refractivity contribution in [1.82, 2.24) is 19.8 Å². The van der Waals surface area contributed by atoms with Crippen LogP contribution >= 0.6 is 27.7 Å². The van der Waals surface area contributed by atoms with Crippen LogP contribution in [0.3, 0.4) is 0 Å². The number of rotatable bonds is 6. The molecule has 2 aromatic carbocycles. The molecular weight excluding hydrogens is 433 g/mol. The van der Waals surface area contributed by atoms with Gasteiger partial charge in [0, 0.05) is 29.2 Å². The van der Waals surface area contributed by atoms with Crippen molar-refractivity contribution >= 4 is 33.6 Å². The van der Waals surface area contributed by atoms with Crippen LogP contribution in [0.25, 0.3) is 11.4 Å². The SMILES string of the molecule is CN(Cc1ccccc1F)C(=O)CSc1nnc(-c2ccccc2Br)n1N. The lowest BCUT2D eigenvalue weighted by Crippen LogP contribution is -2.28. The van der Waals surface area contributed by atoms with Crippen molar-refractivity contribution in [2.24, 2.45) is 0 Å². The normalized spacial score (nSPS) is 10.8. The fourth-order valence-electron chi connectivity index (χ4n) is 2.41. The van der Waals surface area contributed by atoms with Crippen LogP contribution in [0.4, 0.5) is 4.39 Å². The highest BCUT2D eigenvalue weighted by Crippen LogP contribution is 2.28. The number of benzene rings is 2. The molecule has 0 unspecified atom stereocenters. The van der Waals surface area contributed by atoms with Crippen LogP contribution in [0, 0.1) is 5.82 Å². The maximum Gasteiger partial charge on any atom is 0.233 e. The fourth-order valence-corrected chi connectivity index (χ4v) is 3.67. The molecule has 0 aliphatic carbocycles. The average molecular weight is 450 g/mol. The summed E-state index contributed by atoms with van der Waals surface area (Å²) >= 11 is 4.64. The van der Waals surface area contributed by atoms with E-state index in [-0.39, 0.29) is 24.0 Å². The van der Waals surface area contributed by atoms with Gasteiger partial charge in [0.25, 0.3) is 0 Å². The summed E-state index contributed by atoms with van der Waals surface area (Å²) in [5.74, 6) is 6.22. The van der Waals surface area contributed by atoms with Crippen molar-refractivity contribution in [3.8, 4) is 11.4 Å². The molecule has 9 heteroatoms. The Balaban J connectivity index is 1.64. The lowest BCUT2D eigenvalue weighted by Gasteiger charge is -2.17. The smallest absolute Gasteiger partial charge is 0.233 e. The van der Waals surface area contributed by atoms with Gasteiger partial charge in [-0.2, -0.15) is 0 Å². The van der Waals surface area contributed by atoms with Crippen LogP contribution in [0.15, 0.2) is 58.2 Å². The largest absolute Gasteiger partial charge is 0.341 e. The van der Waals surface area contributed by atoms with Gasteiger partial charge in [-0.3, -0.25) is 4.79 Å². The third-order valence-corrected chi connectivity index (χ3v) is 5.51. The number of aromatic nitrogens is 3. The topological polar surface area (TPSA) is 77.0 Å². The minimum absolute atomic E-state index is 0.121. The number of carbonyl (C=O) groups excluding carboxylic acids is 1. The zero-order chi connectivity index (χ0) is 19.4. The summed E-state index contributed by atoms with van der Waals surface area (Å²) in [5, 5.41) is 8.60. The van der Waals surface area contributed by atoms with E-state index in [2.05, 4.69) is 26.1 Å². The van der Waals surface area contributed by atoms with Gasteiger partial charge in [0.05, 0.1) is 5.75 Å². The molecule has 27 heavy (non-hydrogen) atoms. The van der Waals surface area contributed by atoms with Crippen molar-refractivity contribution in [2.75, 3.05) is 18.6 Å². The van der Waals surface area contributed by atoms with E-state index in [1.165, 1.54) is 27.4 Å². The molecule has 0 bridgehead atoms. The van der Waals surface area contributed by atoms with E-state index in [1.54, 1.807) is 25.2 Å². The van der Waals surface area contributed by atoms with Gasteiger partial charge in [-0.25, -0.2) is 9.07 Å². The third-order valence-electron chi connectivity index (χ3n) is 3.90. The van der Waals surface area contributed by atoms with E-state index >= 15 is 0 Å². The summed E-state index contributed by atoms with van der Waals surface area (Å²) < 4.78 is 15.9. The summed E-state index contributed by atoms with van der Waals surface area (Å²) in [4.78, 5) is 13.8. The Labute approximate surface area is 168 Å². The highest BCUT2D eigenvalue weighted by molar-refractivity contribution is 9.10. The van der Waals surface area contributed by atoms with E-state index in [4.69, 9.17) is 5.84 Å². The molecule has 1 heterocycles. The van der Waals surface area contributed by atoms with Gasteiger partial charge in [-0.05, 0) is 18.2 Å². The number of halogens is 2. The molecule has 2 N–H and O–H groups in total. The number of amides is 1. The quantitative estimate of drug-likeness (QED) is 0.461. The van der Waals surface area contributed by atoms with Gasteiger partial charge in [0.1, 0.15) is 5.82 Å². The molecule has 140 valence electrons. The minimum atomic E-state index is -0.329. The molecule has 3 rings (SSSR count). The molecule has 0 spiro atoms. The van der Waals surface area contributed by atoms with Crippen molar-refractivity contribution < 1.29 is 9.18 Å². The van der Waals surface area contributed by atoms with Gasteiger partial charge in [0.2, 0.25) is 11.1 Å². The Morgan fingerprint density at radius 3 is 2.67 bits per heavy atom. The highest BCUT2D eigenvalue weighted by atomic mass is 79.9. The lowest BCUT2D eigenvalue weighted by molar-refractivity contribution is -0.127. The van der Waals surface area contributed by atoms with Gasteiger partial charge < -0.3 is 10.7 Å². The van der Waals surface area contributed by atoms with E-state index in [9.17, 15) is 9.18 Å². The first-order valence-corrected chi connectivity index (χ1v) is 9.80. The van der Waals surface area contributed by atoms with Gasteiger partial charge >= 0.3 is 0 Å². The third kappa shape index (κ3) is 4.48. The number of thioether (sulfide) groups is 1. The van der Waals surface area contributed by atoms with Crippen LogP contribution in [0.1, 0.15) is 5.56 Å². The van der Waals surface area contributed by atoms with Gasteiger partial charge in [0.15, 0.2) is 5.82 Å². The number of nitrogens with zero attached hydrogens (tertiary/aromatic N) is 4. The fraction of sp³-hybridized carbons (Fsp3) is 0.167. The second-order valence-electron chi connectivity index (χ2n) is 5.79. The summed E-state index contributed by atoms with van der Waals surface area (Å²) in [7, 11) is 1.63. The maximum atomic E-state index is 13.7. The monoisotopic (exact) mass is 449 g/mol. The van der Waals surface area contributed by atoms with E-state index in [0.717, 1.165) is 10.0 Å². The molecule has 1 amide bonds. The highest BCUT2D eigenvalue weighted by Gasteiger charge is 2.17. The Morgan fingerprint density at radius 1 is 1.22 bits per heavy atom. The number of nitrogens with two attached hydrogens (primary N) is 1. The molecule has 0 radical (unpaired) electrons. The Kier molecular flexibility index (Phi) is 6.12. The number of hydrogen-bond donors (Lipinski definition) is 1. The second kappa shape index (κ2) is 8.53. The summed E-state index contributed by atoms with van der Waals surface area (Å²) in [6, 6.07) is 13.9. The second-order valence-corrected chi connectivity index (χ2v) is 7.58. The first kappa shape index (κ1) is 19.4. The van der Waals surface area contributed by atoms with Gasteiger partial charge in [-0.15, -0.1) is 10.2 Å². The number of nitrogen functional groups attached to an aromatic ring is 1. The summed E-state index contributed by atoms with van der Waals surface area (Å²) in [6.07, 6.45) is 0.